The van der Waals surface area contributed by atoms with Gasteiger partial charge >= 0.3 is 0 Å². The van der Waals surface area contributed by atoms with Crippen molar-refractivity contribution in [3.8, 4) is 0 Å². The molecular formula is C14H21FN2. The molecule has 0 aliphatic carbocycles. The predicted molar refractivity (Wildman–Crippen MR) is 69.6 cm³/mol. The zero-order chi connectivity index (χ0) is 12.4. The van der Waals surface area contributed by atoms with Gasteiger partial charge in [0.2, 0.25) is 0 Å². The van der Waals surface area contributed by atoms with Crippen molar-refractivity contribution in [1.29, 1.82) is 0 Å². The van der Waals surface area contributed by atoms with Gasteiger partial charge in [0.1, 0.15) is 5.82 Å². The lowest BCUT2D eigenvalue weighted by molar-refractivity contribution is 0.566. The maximum absolute atomic E-state index is 14.0. The molecule has 0 saturated carbocycles. The molecule has 1 fully saturated rings. The van der Waals surface area contributed by atoms with E-state index in [9.17, 15) is 4.39 Å². The number of hydrogen-bond acceptors (Lipinski definition) is 2. The highest BCUT2D eigenvalue weighted by Gasteiger charge is 2.23. The monoisotopic (exact) mass is 236 g/mol. The SMILES string of the molecule is CCC1CCN(c2ccc([C@@H](C)N)cc2F)C1. The second-order valence-corrected chi connectivity index (χ2v) is 5.01. The third-order valence-electron chi connectivity index (χ3n) is 3.70. The van der Waals surface area contributed by atoms with Crippen LogP contribution in [0.5, 0.6) is 0 Å². The van der Waals surface area contributed by atoms with Crippen molar-refractivity contribution in [3.63, 3.8) is 0 Å². The first kappa shape index (κ1) is 12.4. The van der Waals surface area contributed by atoms with Crippen molar-refractivity contribution in [1.82, 2.24) is 0 Å². The van der Waals surface area contributed by atoms with Crippen molar-refractivity contribution in [2.24, 2.45) is 11.7 Å². The van der Waals surface area contributed by atoms with Crippen LogP contribution in [0.4, 0.5) is 10.1 Å². The minimum atomic E-state index is -0.142. The topological polar surface area (TPSA) is 29.3 Å². The molecule has 17 heavy (non-hydrogen) atoms. The number of rotatable bonds is 3. The zero-order valence-electron chi connectivity index (χ0n) is 10.6. The summed E-state index contributed by atoms with van der Waals surface area (Å²) < 4.78 is 14.0. The van der Waals surface area contributed by atoms with E-state index in [0.717, 1.165) is 24.3 Å². The average molecular weight is 236 g/mol. The van der Waals surface area contributed by atoms with Crippen molar-refractivity contribution >= 4 is 5.69 Å². The van der Waals surface area contributed by atoms with Crippen molar-refractivity contribution < 1.29 is 4.39 Å². The first-order chi connectivity index (χ1) is 8.11. The molecule has 2 atom stereocenters. The van der Waals surface area contributed by atoms with Crippen LogP contribution in [0.1, 0.15) is 38.3 Å². The number of benzene rings is 1. The molecule has 1 unspecified atom stereocenters. The number of nitrogens with two attached hydrogens (primary N) is 1. The molecule has 2 nitrogen and oxygen atoms in total. The summed E-state index contributed by atoms with van der Waals surface area (Å²) in [6.45, 7) is 6.01. The fraction of sp³-hybridized carbons (Fsp3) is 0.571. The molecule has 1 heterocycles. The highest BCUT2D eigenvalue weighted by atomic mass is 19.1. The lowest BCUT2D eigenvalue weighted by Gasteiger charge is -2.20. The van der Waals surface area contributed by atoms with Gasteiger partial charge in [-0.3, -0.25) is 0 Å². The number of nitrogens with zero attached hydrogens (tertiary/aromatic N) is 1. The summed E-state index contributed by atoms with van der Waals surface area (Å²) in [6, 6.07) is 5.26. The summed E-state index contributed by atoms with van der Waals surface area (Å²) >= 11 is 0. The molecule has 2 rings (SSSR count). The molecule has 1 aliphatic heterocycles. The normalized spacial score (nSPS) is 21.9. The van der Waals surface area contributed by atoms with Gasteiger partial charge in [0, 0.05) is 19.1 Å². The van der Waals surface area contributed by atoms with E-state index in [1.807, 2.05) is 19.1 Å². The summed E-state index contributed by atoms with van der Waals surface area (Å²) in [7, 11) is 0. The average Bonchev–Trinajstić information content (AvgIpc) is 2.77. The van der Waals surface area contributed by atoms with Crippen LogP contribution in [-0.2, 0) is 0 Å². The van der Waals surface area contributed by atoms with Gasteiger partial charge in [0.15, 0.2) is 0 Å². The van der Waals surface area contributed by atoms with Crippen LogP contribution in [0.3, 0.4) is 0 Å². The summed E-state index contributed by atoms with van der Waals surface area (Å²) in [5.41, 5.74) is 7.34. The molecule has 3 heteroatoms. The van der Waals surface area contributed by atoms with Gasteiger partial charge in [-0.15, -0.1) is 0 Å². The lowest BCUT2D eigenvalue weighted by atomic mass is 10.1. The molecule has 1 aromatic carbocycles. The fourth-order valence-electron chi connectivity index (χ4n) is 2.45. The second kappa shape index (κ2) is 5.05. The molecule has 0 radical (unpaired) electrons. The smallest absolute Gasteiger partial charge is 0.146 e. The molecule has 1 aromatic rings. The fourth-order valence-corrected chi connectivity index (χ4v) is 2.45. The van der Waals surface area contributed by atoms with E-state index in [0.29, 0.717) is 5.92 Å². The molecule has 0 aromatic heterocycles. The summed E-state index contributed by atoms with van der Waals surface area (Å²) in [6.07, 6.45) is 2.35. The van der Waals surface area contributed by atoms with Gasteiger partial charge in [0.05, 0.1) is 5.69 Å². The third-order valence-corrected chi connectivity index (χ3v) is 3.70. The van der Waals surface area contributed by atoms with Crippen LogP contribution in [0.2, 0.25) is 0 Å². The number of halogens is 1. The van der Waals surface area contributed by atoms with Gasteiger partial charge in [-0.2, -0.15) is 0 Å². The molecule has 2 N–H and O–H groups in total. The van der Waals surface area contributed by atoms with E-state index >= 15 is 0 Å². The maximum Gasteiger partial charge on any atom is 0.146 e. The van der Waals surface area contributed by atoms with Crippen molar-refractivity contribution in [2.75, 3.05) is 18.0 Å². The van der Waals surface area contributed by atoms with E-state index < -0.39 is 0 Å². The Bertz CT molecular complexity index is 390. The van der Waals surface area contributed by atoms with E-state index in [4.69, 9.17) is 5.73 Å². The molecule has 1 saturated heterocycles. The quantitative estimate of drug-likeness (QED) is 0.874. The molecule has 0 bridgehead atoms. The zero-order valence-corrected chi connectivity index (χ0v) is 10.6. The van der Waals surface area contributed by atoms with Crippen LogP contribution in [0, 0.1) is 11.7 Å². The van der Waals surface area contributed by atoms with Crippen LogP contribution < -0.4 is 10.6 Å². The van der Waals surface area contributed by atoms with Gasteiger partial charge in [-0.1, -0.05) is 19.4 Å². The van der Waals surface area contributed by atoms with E-state index in [2.05, 4.69) is 11.8 Å². The Morgan fingerprint density at radius 1 is 1.53 bits per heavy atom. The Morgan fingerprint density at radius 2 is 2.29 bits per heavy atom. The Labute approximate surface area is 103 Å². The standard InChI is InChI=1S/C14H21FN2/c1-3-11-6-7-17(9-11)14-5-4-12(10(2)16)8-13(14)15/h4-5,8,10-11H,3,6-7,9,16H2,1-2H3/t10-,11?/m1/s1. The Morgan fingerprint density at radius 3 is 2.82 bits per heavy atom. The van der Waals surface area contributed by atoms with Crippen LogP contribution in [-0.4, -0.2) is 13.1 Å². The van der Waals surface area contributed by atoms with Crippen molar-refractivity contribution in [2.45, 2.75) is 32.7 Å². The van der Waals surface area contributed by atoms with Gasteiger partial charge in [-0.05, 0) is 37.0 Å². The molecule has 1 aliphatic rings. The highest BCUT2D eigenvalue weighted by molar-refractivity contribution is 5.50. The summed E-state index contributed by atoms with van der Waals surface area (Å²) in [5, 5.41) is 0. The molecule has 0 spiro atoms. The highest BCUT2D eigenvalue weighted by Crippen LogP contribution is 2.29. The molecule has 0 amide bonds. The molecule has 94 valence electrons. The van der Waals surface area contributed by atoms with Gasteiger partial charge < -0.3 is 10.6 Å². The van der Waals surface area contributed by atoms with E-state index in [1.54, 1.807) is 6.07 Å². The Hall–Kier alpha value is -1.09. The molecular weight excluding hydrogens is 215 g/mol. The number of anilines is 1. The first-order valence-electron chi connectivity index (χ1n) is 6.41. The minimum absolute atomic E-state index is 0.111. The second-order valence-electron chi connectivity index (χ2n) is 5.01. The Balaban J connectivity index is 2.17. The first-order valence-corrected chi connectivity index (χ1v) is 6.41. The Kier molecular flexibility index (Phi) is 3.67. The summed E-state index contributed by atoms with van der Waals surface area (Å²) in [4.78, 5) is 2.15. The van der Waals surface area contributed by atoms with Crippen LogP contribution >= 0.6 is 0 Å². The third kappa shape index (κ3) is 2.60. The van der Waals surface area contributed by atoms with Crippen LogP contribution in [0.15, 0.2) is 18.2 Å². The minimum Gasteiger partial charge on any atom is -0.369 e. The van der Waals surface area contributed by atoms with Gasteiger partial charge in [0.25, 0.3) is 0 Å². The largest absolute Gasteiger partial charge is 0.369 e. The maximum atomic E-state index is 14.0. The lowest BCUT2D eigenvalue weighted by Crippen LogP contribution is -2.21. The van der Waals surface area contributed by atoms with Crippen molar-refractivity contribution in [3.05, 3.63) is 29.6 Å². The predicted octanol–water partition coefficient (Wildman–Crippen LogP) is 3.08. The van der Waals surface area contributed by atoms with Crippen LogP contribution in [0.25, 0.3) is 0 Å². The van der Waals surface area contributed by atoms with E-state index in [-0.39, 0.29) is 11.9 Å². The summed E-state index contributed by atoms with van der Waals surface area (Å²) in [5.74, 6) is 0.569. The van der Waals surface area contributed by atoms with Gasteiger partial charge in [-0.25, -0.2) is 4.39 Å². The van der Waals surface area contributed by atoms with E-state index in [1.165, 1.54) is 12.8 Å². The number of hydrogen-bond donors (Lipinski definition) is 1.